The van der Waals surface area contributed by atoms with Crippen LogP contribution in [0.25, 0.3) is 0 Å². The normalized spacial score (nSPS) is 19.6. The first-order valence-electron chi connectivity index (χ1n) is 5.12. The summed E-state index contributed by atoms with van der Waals surface area (Å²) in [6.07, 6.45) is 2.35. The van der Waals surface area contributed by atoms with Gasteiger partial charge < -0.3 is 14.8 Å². The molecule has 0 aromatic rings. The largest absolute Gasteiger partial charge is 0.349 e. The summed E-state index contributed by atoms with van der Waals surface area (Å²) in [5.41, 5.74) is 0.198. The highest BCUT2D eigenvalue weighted by atomic mass is 16.7. The molecule has 1 rings (SSSR count). The minimum atomic E-state index is -0.0314. The molecule has 1 saturated heterocycles. The van der Waals surface area contributed by atoms with Gasteiger partial charge in [0.25, 0.3) is 0 Å². The van der Waals surface area contributed by atoms with Gasteiger partial charge in [0.05, 0.1) is 13.2 Å². The Bertz CT molecular complexity index is 142. The molecule has 0 radical (unpaired) electrons. The summed E-state index contributed by atoms with van der Waals surface area (Å²) in [6, 6.07) is 0. The second-order valence-electron chi connectivity index (χ2n) is 4.19. The van der Waals surface area contributed by atoms with Crippen LogP contribution in [0.3, 0.4) is 0 Å². The van der Waals surface area contributed by atoms with E-state index in [1.165, 1.54) is 12.8 Å². The van der Waals surface area contributed by atoms with Gasteiger partial charge in [-0.3, -0.25) is 0 Å². The molecule has 0 unspecified atom stereocenters. The van der Waals surface area contributed by atoms with Crippen LogP contribution in [-0.2, 0) is 9.47 Å². The molecule has 1 aliphatic rings. The van der Waals surface area contributed by atoms with Gasteiger partial charge in [-0.2, -0.15) is 0 Å². The quantitative estimate of drug-likeness (QED) is 0.708. The van der Waals surface area contributed by atoms with Gasteiger partial charge in [-0.1, -0.05) is 13.3 Å². The second-order valence-corrected chi connectivity index (χ2v) is 4.19. The highest BCUT2D eigenvalue weighted by Gasteiger charge is 2.21. The molecular weight excluding hydrogens is 166 g/mol. The maximum atomic E-state index is 5.34. The molecule has 0 amide bonds. The van der Waals surface area contributed by atoms with E-state index in [2.05, 4.69) is 26.1 Å². The van der Waals surface area contributed by atoms with E-state index in [-0.39, 0.29) is 11.8 Å². The number of ether oxygens (including phenoxy) is 2. The van der Waals surface area contributed by atoms with Crippen molar-refractivity contribution in [3.63, 3.8) is 0 Å². The Balaban J connectivity index is 2.15. The molecule has 0 spiro atoms. The van der Waals surface area contributed by atoms with Gasteiger partial charge in [-0.05, 0) is 20.3 Å². The molecule has 13 heavy (non-hydrogen) atoms. The monoisotopic (exact) mass is 187 g/mol. The molecular formula is C10H21NO2. The summed E-state index contributed by atoms with van der Waals surface area (Å²) in [7, 11) is 0. The Kier molecular flexibility index (Phi) is 4.16. The second kappa shape index (κ2) is 4.94. The summed E-state index contributed by atoms with van der Waals surface area (Å²) >= 11 is 0. The summed E-state index contributed by atoms with van der Waals surface area (Å²) in [4.78, 5) is 0. The van der Waals surface area contributed by atoms with Crippen LogP contribution in [0.1, 0.15) is 33.6 Å². The highest BCUT2D eigenvalue weighted by molar-refractivity contribution is 4.77. The van der Waals surface area contributed by atoms with Crippen molar-refractivity contribution in [3.05, 3.63) is 0 Å². The van der Waals surface area contributed by atoms with Crippen molar-refractivity contribution < 1.29 is 9.47 Å². The predicted molar refractivity (Wildman–Crippen MR) is 52.7 cm³/mol. The lowest BCUT2D eigenvalue weighted by molar-refractivity contribution is -0.0431. The Labute approximate surface area is 80.8 Å². The van der Waals surface area contributed by atoms with E-state index in [0.717, 1.165) is 19.8 Å². The third kappa shape index (κ3) is 4.07. The fourth-order valence-electron chi connectivity index (χ4n) is 1.60. The molecule has 0 saturated carbocycles. The van der Waals surface area contributed by atoms with E-state index in [4.69, 9.17) is 9.47 Å². The minimum absolute atomic E-state index is 0.0314. The van der Waals surface area contributed by atoms with Gasteiger partial charge in [-0.15, -0.1) is 0 Å². The van der Waals surface area contributed by atoms with E-state index >= 15 is 0 Å². The van der Waals surface area contributed by atoms with E-state index in [1.807, 2.05) is 0 Å². The van der Waals surface area contributed by atoms with Crippen molar-refractivity contribution in [2.75, 3.05) is 19.8 Å². The lowest BCUT2D eigenvalue weighted by Crippen LogP contribution is -2.43. The zero-order chi connectivity index (χ0) is 9.73. The maximum absolute atomic E-state index is 5.34. The minimum Gasteiger partial charge on any atom is -0.349 e. The van der Waals surface area contributed by atoms with Gasteiger partial charge in [0.1, 0.15) is 0 Å². The molecule has 1 heterocycles. The van der Waals surface area contributed by atoms with E-state index < -0.39 is 0 Å². The zero-order valence-electron chi connectivity index (χ0n) is 8.93. The fourth-order valence-corrected chi connectivity index (χ4v) is 1.60. The lowest BCUT2D eigenvalue weighted by atomic mass is 9.99. The molecule has 0 atom stereocenters. The van der Waals surface area contributed by atoms with E-state index in [0.29, 0.717) is 0 Å². The van der Waals surface area contributed by atoms with Crippen LogP contribution in [0.2, 0.25) is 0 Å². The standard InChI is InChI=1S/C10H21NO2/c1-4-5-10(2,3)11-8-9-12-6-7-13-9/h9,11H,4-8H2,1-3H3. The van der Waals surface area contributed by atoms with Crippen LogP contribution in [0.15, 0.2) is 0 Å². The van der Waals surface area contributed by atoms with Gasteiger partial charge in [0.15, 0.2) is 6.29 Å². The predicted octanol–water partition coefficient (Wildman–Crippen LogP) is 1.53. The smallest absolute Gasteiger partial charge is 0.170 e. The van der Waals surface area contributed by atoms with Gasteiger partial charge in [-0.25, -0.2) is 0 Å². The first-order valence-corrected chi connectivity index (χ1v) is 5.12. The number of nitrogens with one attached hydrogen (secondary N) is 1. The van der Waals surface area contributed by atoms with Crippen molar-refractivity contribution in [2.24, 2.45) is 0 Å². The van der Waals surface area contributed by atoms with Crippen LogP contribution in [-0.4, -0.2) is 31.6 Å². The first-order chi connectivity index (χ1) is 6.14. The highest BCUT2D eigenvalue weighted by Crippen LogP contribution is 2.11. The van der Waals surface area contributed by atoms with Crippen molar-refractivity contribution in [3.8, 4) is 0 Å². The molecule has 1 fully saturated rings. The Morgan fingerprint density at radius 1 is 1.31 bits per heavy atom. The van der Waals surface area contributed by atoms with Crippen LogP contribution in [0.4, 0.5) is 0 Å². The van der Waals surface area contributed by atoms with Gasteiger partial charge >= 0.3 is 0 Å². The van der Waals surface area contributed by atoms with Crippen molar-refractivity contribution in [1.82, 2.24) is 5.32 Å². The Morgan fingerprint density at radius 3 is 2.46 bits per heavy atom. The fraction of sp³-hybridized carbons (Fsp3) is 1.00. The van der Waals surface area contributed by atoms with E-state index in [9.17, 15) is 0 Å². The average molecular weight is 187 g/mol. The van der Waals surface area contributed by atoms with Crippen LogP contribution >= 0.6 is 0 Å². The summed E-state index contributed by atoms with van der Waals surface area (Å²) in [6.45, 7) is 8.90. The molecule has 3 heteroatoms. The third-order valence-electron chi connectivity index (χ3n) is 2.31. The number of hydrogen-bond donors (Lipinski definition) is 1. The number of rotatable bonds is 5. The number of hydrogen-bond acceptors (Lipinski definition) is 3. The molecule has 78 valence electrons. The third-order valence-corrected chi connectivity index (χ3v) is 2.31. The van der Waals surface area contributed by atoms with Crippen molar-refractivity contribution in [1.29, 1.82) is 0 Å². The van der Waals surface area contributed by atoms with Crippen LogP contribution < -0.4 is 5.32 Å². The molecule has 0 aromatic heterocycles. The maximum Gasteiger partial charge on any atom is 0.170 e. The summed E-state index contributed by atoms with van der Waals surface area (Å²) in [5.74, 6) is 0. The molecule has 1 aliphatic heterocycles. The topological polar surface area (TPSA) is 30.5 Å². The summed E-state index contributed by atoms with van der Waals surface area (Å²) in [5, 5.41) is 3.45. The molecule has 0 bridgehead atoms. The Hall–Kier alpha value is -0.120. The lowest BCUT2D eigenvalue weighted by Gasteiger charge is -2.27. The average Bonchev–Trinajstić information content (AvgIpc) is 2.52. The van der Waals surface area contributed by atoms with Gasteiger partial charge in [0, 0.05) is 12.1 Å². The van der Waals surface area contributed by atoms with Crippen molar-refractivity contribution in [2.45, 2.75) is 45.4 Å². The zero-order valence-corrected chi connectivity index (χ0v) is 8.93. The van der Waals surface area contributed by atoms with Gasteiger partial charge in [0.2, 0.25) is 0 Å². The molecule has 0 aromatic carbocycles. The van der Waals surface area contributed by atoms with Crippen LogP contribution in [0, 0.1) is 0 Å². The Morgan fingerprint density at radius 2 is 1.92 bits per heavy atom. The van der Waals surface area contributed by atoms with E-state index in [1.54, 1.807) is 0 Å². The molecule has 0 aliphatic carbocycles. The summed E-state index contributed by atoms with van der Waals surface area (Å²) < 4.78 is 10.7. The molecule has 1 N–H and O–H groups in total. The first kappa shape index (κ1) is 11.0. The SMILES string of the molecule is CCCC(C)(C)NCC1OCCO1. The molecule has 3 nitrogen and oxygen atoms in total. The van der Waals surface area contributed by atoms with Crippen molar-refractivity contribution >= 4 is 0 Å². The van der Waals surface area contributed by atoms with Crippen LogP contribution in [0.5, 0.6) is 0 Å².